The third-order valence-corrected chi connectivity index (χ3v) is 6.41. The second-order valence-electron chi connectivity index (χ2n) is 6.57. The number of ether oxygens (including phenoxy) is 3. The molecule has 2 saturated heterocycles. The Balaban J connectivity index is 0.00000312. The first-order chi connectivity index (χ1) is 11.7. The molecule has 0 aromatic rings. The van der Waals surface area contributed by atoms with Crippen LogP contribution in [0.15, 0.2) is 4.99 Å². The summed E-state index contributed by atoms with van der Waals surface area (Å²) in [5.41, 5.74) is 0. The third-order valence-electron chi connectivity index (χ3n) is 4.99. The van der Waals surface area contributed by atoms with E-state index >= 15 is 0 Å². The van der Waals surface area contributed by atoms with Crippen molar-refractivity contribution in [3.8, 4) is 0 Å². The van der Waals surface area contributed by atoms with E-state index in [0.717, 1.165) is 64.7 Å². The van der Waals surface area contributed by atoms with E-state index in [0.29, 0.717) is 19.1 Å². The predicted octanol–water partition coefficient (Wildman–Crippen LogP) is 2.08. The first kappa shape index (κ1) is 23.3. The first-order valence-corrected chi connectivity index (χ1v) is 10.1. The molecular weight excluding hydrogens is 453 g/mol. The number of halogens is 1. The zero-order valence-corrected chi connectivity index (χ0v) is 18.9. The number of nitrogens with one attached hydrogen (secondary N) is 1. The quantitative estimate of drug-likeness (QED) is 0.245. The number of thioether (sulfide) groups is 1. The molecule has 1 N–H and O–H groups in total. The molecule has 148 valence electrons. The molecule has 0 aromatic carbocycles. The van der Waals surface area contributed by atoms with Crippen LogP contribution in [0.2, 0.25) is 0 Å². The Kier molecular flexibility index (Phi) is 11.7. The molecule has 0 saturated carbocycles. The molecule has 6 nitrogen and oxygen atoms in total. The van der Waals surface area contributed by atoms with Gasteiger partial charge in [0.05, 0.1) is 19.8 Å². The summed E-state index contributed by atoms with van der Waals surface area (Å²) in [6.45, 7) is 6.91. The molecule has 2 fully saturated rings. The standard InChI is InChI=1S/C17H33N3O3S.HI/c1-18-16(19-14-17(24-3)5-8-22-9-6-17)20-7-4-15(12-20)13-23-11-10-21-2;/h15H,4-14H2,1-3H3,(H,18,19);1H. The van der Waals surface area contributed by atoms with Crippen LogP contribution in [0.5, 0.6) is 0 Å². The summed E-state index contributed by atoms with van der Waals surface area (Å²) < 4.78 is 16.5. The lowest BCUT2D eigenvalue weighted by Crippen LogP contribution is -2.48. The molecule has 8 heteroatoms. The van der Waals surface area contributed by atoms with E-state index in [9.17, 15) is 0 Å². The fourth-order valence-electron chi connectivity index (χ4n) is 3.32. The second-order valence-corrected chi connectivity index (χ2v) is 7.84. The summed E-state index contributed by atoms with van der Waals surface area (Å²) >= 11 is 1.96. The van der Waals surface area contributed by atoms with Gasteiger partial charge in [0.15, 0.2) is 5.96 Å². The predicted molar refractivity (Wildman–Crippen MR) is 115 cm³/mol. The Morgan fingerprint density at radius 2 is 2.12 bits per heavy atom. The first-order valence-electron chi connectivity index (χ1n) is 8.88. The number of methoxy groups -OCH3 is 1. The summed E-state index contributed by atoms with van der Waals surface area (Å²) in [7, 11) is 3.58. The van der Waals surface area contributed by atoms with Crippen molar-refractivity contribution in [3.63, 3.8) is 0 Å². The van der Waals surface area contributed by atoms with Crippen molar-refractivity contribution < 1.29 is 14.2 Å². The summed E-state index contributed by atoms with van der Waals surface area (Å²) in [5.74, 6) is 1.60. The normalized spacial score (nSPS) is 23.4. The van der Waals surface area contributed by atoms with Crippen molar-refractivity contribution >= 4 is 41.7 Å². The molecule has 0 bridgehead atoms. The monoisotopic (exact) mass is 487 g/mol. The maximum atomic E-state index is 5.68. The van der Waals surface area contributed by atoms with Gasteiger partial charge in [-0.3, -0.25) is 4.99 Å². The van der Waals surface area contributed by atoms with Crippen molar-refractivity contribution in [2.45, 2.75) is 24.0 Å². The summed E-state index contributed by atoms with van der Waals surface area (Å²) in [5, 5.41) is 3.61. The molecule has 1 atom stereocenters. The molecule has 2 rings (SSSR count). The molecule has 0 aromatic heterocycles. The highest BCUT2D eigenvalue weighted by Gasteiger charge is 2.33. The molecule has 0 spiro atoms. The smallest absolute Gasteiger partial charge is 0.193 e. The lowest BCUT2D eigenvalue weighted by atomic mass is 9.99. The number of hydrogen-bond donors (Lipinski definition) is 1. The molecule has 0 aliphatic carbocycles. The Hall–Kier alpha value is 0.230. The molecule has 1 unspecified atom stereocenters. The van der Waals surface area contributed by atoms with E-state index in [1.807, 2.05) is 18.8 Å². The van der Waals surface area contributed by atoms with E-state index in [2.05, 4.69) is 21.5 Å². The van der Waals surface area contributed by atoms with Crippen LogP contribution in [0.25, 0.3) is 0 Å². The maximum Gasteiger partial charge on any atom is 0.193 e. The lowest BCUT2D eigenvalue weighted by Gasteiger charge is -2.37. The van der Waals surface area contributed by atoms with Gasteiger partial charge in [0.25, 0.3) is 0 Å². The van der Waals surface area contributed by atoms with Crippen molar-refractivity contribution in [2.75, 3.05) is 73.1 Å². The van der Waals surface area contributed by atoms with E-state index < -0.39 is 0 Å². The SMILES string of the molecule is CN=C(NCC1(SC)CCOCC1)N1CCC(COCCOC)C1.I. The molecule has 2 aliphatic heterocycles. The molecule has 2 heterocycles. The minimum atomic E-state index is 0. The fraction of sp³-hybridized carbons (Fsp3) is 0.941. The van der Waals surface area contributed by atoms with Crippen molar-refractivity contribution in [1.29, 1.82) is 0 Å². The second kappa shape index (κ2) is 12.6. The van der Waals surface area contributed by atoms with Gasteiger partial charge in [0.2, 0.25) is 0 Å². The van der Waals surface area contributed by atoms with Gasteiger partial charge in [-0.2, -0.15) is 11.8 Å². The Labute approximate surface area is 173 Å². The number of aliphatic imine (C=N–C) groups is 1. The van der Waals surface area contributed by atoms with Crippen molar-refractivity contribution in [2.24, 2.45) is 10.9 Å². The summed E-state index contributed by atoms with van der Waals surface area (Å²) in [4.78, 5) is 6.85. The molecule has 25 heavy (non-hydrogen) atoms. The maximum absolute atomic E-state index is 5.68. The number of rotatable bonds is 8. The summed E-state index contributed by atoms with van der Waals surface area (Å²) in [6.07, 6.45) is 5.58. The van der Waals surface area contributed by atoms with Gasteiger partial charge in [0, 0.05) is 57.7 Å². The lowest BCUT2D eigenvalue weighted by molar-refractivity contribution is 0.0536. The number of likely N-dealkylation sites (tertiary alicyclic amines) is 1. The number of guanidine groups is 1. The average molecular weight is 487 g/mol. The van der Waals surface area contributed by atoms with Crippen LogP contribution >= 0.6 is 35.7 Å². The van der Waals surface area contributed by atoms with E-state index in [-0.39, 0.29) is 28.7 Å². The molecule has 2 aliphatic rings. The van der Waals surface area contributed by atoms with Crippen LogP contribution in [0.1, 0.15) is 19.3 Å². The number of nitrogens with zero attached hydrogens (tertiary/aromatic N) is 2. The van der Waals surface area contributed by atoms with Crippen LogP contribution in [-0.4, -0.2) is 88.7 Å². The van der Waals surface area contributed by atoms with Gasteiger partial charge in [-0.15, -0.1) is 24.0 Å². The Morgan fingerprint density at radius 3 is 2.76 bits per heavy atom. The van der Waals surface area contributed by atoms with Crippen LogP contribution in [0.4, 0.5) is 0 Å². The van der Waals surface area contributed by atoms with E-state index in [1.54, 1.807) is 7.11 Å². The fourth-order valence-corrected chi connectivity index (χ4v) is 4.11. The minimum absolute atomic E-state index is 0. The molecule has 0 radical (unpaired) electrons. The van der Waals surface area contributed by atoms with Gasteiger partial charge in [-0.05, 0) is 25.5 Å². The van der Waals surface area contributed by atoms with Gasteiger partial charge in [-0.1, -0.05) is 0 Å². The van der Waals surface area contributed by atoms with Crippen LogP contribution in [-0.2, 0) is 14.2 Å². The summed E-state index contributed by atoms with van der Waals surface area (Å²) in [6, 6.07) is 0. The van der Waals surface area contributed by atoms with E-state index in [1.165, 1.54) is 0 Å². The topological polar surface area (TPSA) is 55.3 Å². The van der Waals surface area contributed by atoms with Crippen LogP contribution in [0, 0.1) is 5.92 Å². The van der Waals surface area contributed by atoms with Gasteiger partial charge >= 0.3 is 0 Å². The van der Waals surface area contributed by atoms with Gasteiger partial charge in [0.1, 0.15) is 0 Å². The highest BCUT2D eigenvalue weighted by molar-refractivity contribution is 14.0. The molecule has 0 amide bonds. The highest BCUT2D eigenvalue weighted by atomic mass is 127. The third kappa shape index (κ3) is 7.40. The largest absolute Gasteiger partial charge is 0.382 e. The zero-order valence-electron chi connectivity index (χ0n) is 15.8. The van der Waals surface area contributed by atoms with Crippen molar-refractivity contribution in [3.05, 3.63) is 0 Å². The number of hydrogen-bond acceptors (Lipinski definition) is 5. The Morgan fingerprint density at radius 1 is 1.36 bits per heavy atom. The zero-order chi connectivity index (χ0) is 17.3. The van der Waals surface area contributed by atoms with Gasteiger partial charge < -0.3 is 24.4 Å². The van der Waals surface area contributed by atoms with Crippen LogP contribution in [0.3, 0.4) is 0 Å². The average Bonchev–Trinajstić information content (AvgIpc) is 3.09. The van der Waals surface area contributed by atoms with Crippen LogP contribution < -0.4 is 5.32 Å². The molecular formula is C17H34IN3O3S. The minimum Gasteiger partial charge on any atom is -0.382 e. The van der Waals surface area contributed by atoms with Crippen molar-refractivity contribution in [1.82, 2.24) is 10.2 Å². The van der Waals surface area contributed by atoms with Gasteiger partial charge in [-0.25, -0.2) is 0 Å². The van der Waals surface area contributed by atoms with E-state index in [4.69, 9.17) is 14.2 Å². The highest BCUT2D eigenvalue weighted by Crippen LogP contribution is 2.33. The Bertz CT molecular complexity index is 395.